The van der Waals surface area contributed by atoms with Gasteiger partial charge in [-0.25, -0.2) is 4.98 Å². The third-order valence-corrected chi connectivity index (χ3v) is 6.31. The van der Waals surface area contributed by atoms with Gasteiger partial charge in [0.15, 0.2) is 5.78 Å². The van der Waals surface area contributed by atoms with Crippen LogP contribution in [0.3, 0.4) is 0 Å². The number of carbonyl (C=O) groups is 3. The summed E-state index contributed by atoms with van der Waals surface area (Å²) in [6, 6.07) is 0. The Morgan fingerprint density at radius 1 is 1.31 bits per heavy atom. The molecule has 1 unspecified atom stereocenters. The van der Waals surface area contributed by atoms with E-state index in [4.69, 9.17) is 4.74 Å². The predicted molar refractivity (Wildman–Crippen MR) is 105 cm³/mol. The molecule has 1 N–H and O–H groups in total. The molecule has 2 aromatic heterocycles. The zero-order valence-corrected chi connectivity index (χ0v) is 17.0. The monoisotopic (exact) mass is 398 g/mol. The summed E-state index contributed by atoms with van der Waals surface area (Å²) in [6.45, 7) is 6.71. The zero-order valence-electron chi connectivity index (χ0n) is 17.0. The molecule has 4 heterocycles. The van der Waals surface area contributed by atoms with Crippen molar-refractivity contribution in [3.63, 3.8) is 0 Å². The molecule has 0 saturated carbocycles. The Morgan fingerprint density at radius 2 is 2.03 bits per heavy atom. The van der Waals surface area contributed by atoms with E-state index in [1.807, 2.05) is 17.7 Å². The minimum atomic E-state index is -0.505. The second-order valence-electron chi connectivity index (χ2n) is 8.24. The molecule has 1 spiro atoms. The van der Waals surface area contributed by atoms with E-state index in [0.29, 0.717) is 61.4 Å². The SMILES string of the molecule is CC(=O)c1[nH]c(C)c(C(=O)N2CCC3(CC2)CC(Cn2ccnc2)OC3=O)c1C. The first-order valence-corrected chi connectivity index (χ1v) is 9.97. The number of hydrogen-bond acceptors (Lipinski definition) is 5. The molecular weight excluding hydrogens is 372 g/mol. The van der Waals surface area contributed by atoms with Gasteiger partial charge in [0.05, 0.1) is 29.5 Å². The molecule has 4 rings (SSSR count). The van der Waals surface area contributed by atoms with E-state index in [-0.39, 0.29) is 23.8 Å². The van der Waals surface area contributed by atoms with Crippen LogP contribution < -0.4 is 0 Å². The summed E-state index contributed by atoms with van der Waals surface area (Å²) in [5.41, 5.74) is 1.95. The van der Waals surface area contributed by atoms with Gasteiger partial charge < -0.3 is 19.2 Å². The number of nitrogens with zero attached hydrogens (tertiary/aromatic N) is 3. The highest BCUT2D eigenvalue weighted by Crippen LogP contribution is 2.43. The van der Waals surface area contributed by atoms with Crippen molar-refractivity contribution < 1.29 is 19.1 Å². The number of amides is 1. The molecule has 2 fully saturated rings. The number of Topliss-reactive ketones (excluding diaryl/α,β-unsaturated/α-hetero) is 1. The van der Waals surface area contributed by atoms with Crippen LogP contribution >= 0.6 is 0 Å². The number of ketones is 1. The first kappa shape index (κ1) is 19.4. The molecule has 1 atom stereocenters. The third kappa shape index (κ3) is 3.36. The highest BCUT2D eigenvalue weighted by molar-refractivity contribution is 6.02. The standard InChI is InChI=1S/C21H26N4O4/c1-13-17(14(2)23-18(13)15(3)26)19(27)25-7-4-21(5-8-25)10-16(29-20(21)28)11-24-9-6-22-12-24/h6,9,12,16,23H,4-5,7-8,10-11H2,1-3H3. The quantitative estimate of drug-likeness (QED) is 0.629. The lowest BCUT2D eigenvalue weighted by Crippen LogP contribution is -2.45. The van der Waals surface area contributed by atoms with Crippen molar-refractivity contribution in [2.24, 2.45) is 5.41 Å². The highest BCUT2D eigenvalue weighted by Gasteiger charge is 2.51. The van der Waals surface area contributed by atoms with Gasteiger partial charge in [0.2, 0.25) is 0 Å². The van der Waals surface area contributed by atoms with E-state index in [9.17, 15) is 14.4 Å². The fourth-order valence-electron chi connectivity index (χ4n) is 4.70. The number of aromatic amines is 1. The van der Waals surface area contributed by atoms with Crippen molar-refractivity contribution in [2.75, 3.05) is 13.1 Å². The van der Waals surface area contributed by atoms with Gasteiger partial charge in [-0.15, -0.1) is 0 Å². The first-order chi connectivity index (χ1) is 13.8. The Balaban J connectivity index is 1.44. The van der Waals surface area contributed by atoms with Crippen molar-refractivity contribution in [1.29, 1.82) is 0 Å². The lowest BCUT2D eigenvalue weighted by atomic mass is 9.76. The Kier molecular flexibility index (Phi) is 4.80. The number of aryl methyl sites for hydroxylation is 1. The van der Waals surface area contributed by atoms with Crippen LogP contribution in [0.5, 0.6) is 0 Å². The van der Waals surface area contributed by atoms with E-state index >= 15 is 0 Å². The van der Waals surface area contributed by atoms with Crippen LogP contribution in [0.25, 0.3) is 0 Å². The molecule has 0 bridgehead atoms. The van der Waals surface area contributed by atoms with Crippen LogP contribution in [0.1, 0.15) is 58.3 Å². The number of imidazole rings is 1. The summed E-state index contributed by atoms with van der Waals surface area (Å²) in [6.07, 6.45) is 6.99. The topological polar surface area (TPSA) is 97.3 Å². The van der Waals surface area contributed by atoms with E-state index < -0.39 is 5.41 Å². The number of likely N-dealkylation sites (tertiary alicyclic amines) is 1. The Morgan fingerprint density at radius 3 is 2.62 bits per heavy atom. The number of esters is 1. The Hall–Kier alpha value is -2.90. The molecule has 29 heavy (non-hydrogen) atoms. The average Bonchev–Trinajstić information content (AvgIpc) is 3.36. The van der Waals surface area contributed by atoms with Gasteiger partial charge in [-0.1, -0.05) is 0 Å². The van der Waals surface area contributed by atoms with E-state index in [0.717, 1.165) is 0 Å². The van der Waals surface area contributed by atoms with Gasteiger partial charge in [-0.05, 0) is 32.3 Å². The maximum absolute atomic E-state index is 13.1. The fraction of sp³-hybridized carbons (Fsp3) is 0.524. The number of H-pyrrole nitrogens is 1. The van der Waals surface area contributed by atoms with E-state index in [2.05, 4.69) is 9.97 Å². The predicted octanol–water partition coefficient (Wildman–Crippen LogP) is 2.27. The molecule has 1 amide bonds. The number of rotatable bonds is 4. The average molecular weight is 398 g/mol. The van der Waals surface area contributed by atoms with Gasteiger partial charge in [-0.3, -0.25) is 14.4 Å². The molecule has 0 aliphatic carbocycles. The van der Waals surface area contributed by atoms with Gasteiger partial charge in [-0.2, -0.15) is 0 Å². The molecule has 2 aromatic rings. The minimum absolute atomic E-state index is 0.0834. The smallest absolute Gasteiger partial charge is 0.312 e. The minimum Gasteiger partial charge on any atom is -0.460 e. The molecule has 2 aliphatic heterocycles. The van der Waals surface area contributed by atoms with Crippen LogP contribution in [0.2, 0.25) is 0 Å². The maximum atomic E-state index is 13.1. The Bertz CT molecular complexity index is 952. The van der Waals surface area contributed by atoms with Crippen LogP contribution in [0, 0.1) is 19.3 Å². The van der Waals surface area contributed by atoms with Crippen LogP contribution in [-0.2, 0) is 16.1 Å². The molecule has 8 nitrogen and oxygen atoms in total. The van der Waals surface area contributed by atoms with Gasteiger partial charge in [0, 0.05) is 44.5 Å². The maximum Gasteiger partial charge on any atom is 0.312 e. The van der Waals surface area contributed by atoms with Gasteiger partial charge in [0.1, 0.15) is 6.10 Å². The van der Waals surface area contributed by atoms with Crippen molar-refractivity contribution in [2.45, 2.75) is 52.7 Å². The summed E-state index contributed by atoms with van der Waals surface area (Å²) < 4.78 is 7.56. The number of aromatic nitrogens is 3. The molecule has 2 saturated heterocycles. The summed E-state index contributed by atoms with van der Waals surface area (Å²) in [4.78, 5) is 46.4. The lowest BCUT2D eigenvalue weighted by molar-refractivity contribution is -0.150. The second-order valence-corrected chi connectivity index (χ2v) is 8.24. The summed E-state index contributed by atoms with van der Waals surface area (Å²) >= 11 is 0. The van der Waals surface area contributed by atoms with Crippen LogP contribution in [0.15, 0.2) is 18.7 Å². The summed E-state index contributed by atoms with van der Waals surface area (Å²) in [7, 11) is 0. The molecule has 154 valence electrons. The van der Waals surface area contributed by atoms with Gasteiger partial charge in [0.25, 0.3) is 5.91 Å². The van der Waals surface area contributed by atoms with E-state index in [1.165, 1.54) is 6.92 Å². The first-order valence-electron chi connectivity index (χ1n) is 9.97. The number of cyclic esters (lactones) is 1. The Labute approximate surface area is 169 Å². The fourth-order valence-corrected chi connectivity index (χ4v) is 4.70. The van der Waals surface area contributed by atoms with Crippen molar-refractivity contribution >= 4 is 17.7 Å². The number of nitrogens with one attached hydrogen (secondary N) is 1. The molecular formula is C21H26N4O4. The summed E-state index contributed by atoms with van der Waals surface area (Å²) in [5.74, 6) is -0.317. The zero-order chi connectivity index (χ0) is 20.8. The molecule has 0 radical (unpaired) electrons. The van der Waals surface area contributed by atoms with Crippen LogP contribution in [-0.4, -0.2) is 56.3 Å². The van der Waals surface area contributed by atoms with Crippen LogP contribution in [0.4, 0.5) is 0 Å². The number of piperidine rings is 1. The van der Waals surface area contributed by atoms with E-state index in [1.54, 1.807) is 24.3 Å². The lowest BCUT2D eigenvalue weighted by Gasteiger charge is -2.36. The number of carbonyl (C=O) groups excluding carboxylic acids is 3. The highest BCUT2D eigenvalue weighted by atomic mass is 16.6. The molecule has 2 aliphatic rings. The van der Waals surface area contributed by atoms with Crippen molar-refractivity contribution in [1.82, 2.24) is 19.4 Å². The largest absolute Gasteiger partial charge is 0.460 e. The van der Waals surface area contributed by atoms with Crippen molar-refractivity contribution in [3.05, 3.63) is 41.2 Å². The molecule has 0 aromatic carbocycles. The number of hydrogen-bond donors (Lipinski definition) is 1. The second kappa shape index (κ2) is 7.17. The summed E-state index contributed by atoms with van der Waals surface area (Å²) in [5, 5.41) is 0. The van der Waals surface area contributed by atoms with Crippen molar-refractivity contribution in [3.8, 4) is 0 Å². The number of ether oxygens (including phenoxy) is 1. The normalized spacial score (nSPS) is 20.9. The third-order valence-electron chi connectivity index (χ3n) is 6.31. The molecule has 8 heteroatoms. The van der Waals surface area contributed by atoms with Gasteiger partial charge >= 0.3 is 5.97 Å².